The lowest BCUT2D eigenvalue weighted by Gasteiger charge is -2.30. The standard InChI is InChI=1S/C20H19ClN4O4S/c21-17-6-3-5-15(12-17)20(27)24-23-19(26)14-8-10-25(11-9-14)30(28,29)18-7-2-1-4-16(18)13-22/h1-7,12,14H,8-11H2,(H,23,26)(H,24,27). The predicted octanol–water partition coefficient (Wildman–Crippen LogP) is 2.07. The summed E-state index contributed by atoms with van der Waals surface area (Å²) in [6.45, 7) is 0.283. The van der Waals surface area contributed by atoms with E-state index < -0.39 is 21.8 Å². The van der Waals surface area contributed by atoms with Gasteiger partial charge in [-0.15, -0.1) is 0 Å². The maximum Gasteiger partial charge on any atom is 0.269 e. The van der Waals surface area contributed by atoms with Crippen molar-refractivity contribution in [1.82, 2.24) is 15.2 Å². The van der Waals surface area contributed by atoms with Crippen LogP contribution >= 0.6 is 11.6 Å². The largest absolute Gasteiger partial charge is 0.273 e. The molecule has 8 nitrogen and oxygen atoms in total. The van der Waals surface area contributed by atoms with Gasteiger partial charge in [0.25, 0.3) is 5.91 Å². The van der Waals surface area contributed by atoms with Crippen LogP contribution in [-0.4, -0.2) is 37.6 Å². The molecule has 1 fully saturated rings. The average molecular weight is 447 g/mol. The maximum atomic E-state index is 12.8. The summed E-state index contributed by atoms with van der Waals surface area (Å²) in [5.41, 5.74) is 5.11. The van der Waals surface area contributed by atoms with Gasteiger partial charge in [-0.05, 0) is 43.2 Å². The first kappa shape index (κ1) is 21.8. The quantitative estimate of drug-likeness (QED) is 0.697. The summed E-state index contributed by atoms with van der Waals surface area (Å²) in [6, 6.07) is 14.2. The van der Waals surface area contributed by atoms with Gasteiger partial charge in [0.15, 0.2) is 0 Å². The number of amides is 2. The van der Waals surface area contributed by atoms with Crippen LogP contribution in [0.4, 0.5) is 0 Å². The Morgan fingerprint density at radius 1 is 1.07 bits per heavy atom. The van der Waals surface area contributed by atoms with E-state index >= 15 is 0 Å². The van der Waals surface area contributed by atoms with Gasteiger partial charge in [0.05, 0.1) is 10.5 Å². The Balaban J connectivity index is 1.57. The summed E-state index contributed by atoms with van der Waals surface area (Å²) < 4.78 is 27.0. The Morgan fingerprint density at radius 2 is 1.77 bits per heavy atom. The van der Waals surface area contributed by atoms with Gasteiger partial charge in [-0.25, -0.2) is 8.42 Å². The lowest BCUT2D eigenvalue weighted by atomic mass is 9.98. The van der Waals surface area contributed by atoms with E-state index in [9.17, 15) is 18.0 Å². The molecule has 0 aromatic heterocycles. The molecule has 0 spiro atoms. The van der Waals surface area contributed by atoms with Crippen molar-refractivity contribution in [2.75, 3.05) is 13.1 Å². The summed E-state index contributed by atoms with van der Waals surface area (Å²) in [5, 5.41) is 9.57. The number of benzene rings is 2. The van der Waals surface area contributed by atoms with Crippen molar-refractivity contribution in [1.29, 1.82) is 5.26 Å². The SMILES string of the molecule is N#Cc1ccccc1S(=O)(=O)N1CCC(C(=O)NNC(=O)c2cccc(Cl)c2)CC1. The predicted molar refractivity (Wildman–Crippen MR) is 110 cm³/mol. The first-order valence-electron chi connectivity index (χ1n) is 9.18. The van der Waals surface area contributed by atoms with Gasteiger partial charge in [-0.3, -0.25) is 20.4 Å². The zero-order chi connectivity index (χ0) is 21.7. The van der Waals surface area contributed by atoms with Crippen LogP contribution in [0.25, 0.3) is 0 Å². The zero-order valence-corrected chi connectivity index (χ0v) is 17.4. The lowest BCUT2D eigenvalue weighted by Crippen LogP contribution is -2.48. The molecule has 10 heteroatoms. The van der Waals surface area contributed by atoms with Crippen molar-refractivity contribution in [2.45, 2.75) is 17.7 Å². The fourth-order valence-corrected chi connectivity index (χ4v) is 5.01. The Hall–Kier alpha value is -2.93. The number of nitrogens with zero attached hydrogens (tertiary/aromatic N) is 2. The van der Waals surface area contributed by atoms with Crippen LogP contribution < -0.4 is 10.9 Å². The number of carbonyl (C=O) groups excluding carboxylic acids is 2. The molecule has 0 aliphatic carbocycles. The normalized spacial score (nSPS) is 15.2. The number of rotatable bonds is 4. The van der Waals surface area contributed by atoms with Crippen molar-refractivity contribution >= 4 is 33.4 Å². The number of nitriles is 1. The molecular weight excluding hydrogens is 428 g/mol. The molecule has 1 heterocycles. The molecule has 30 heavy (non-hydrogen) atoms. The van der Waals surface area contributed by atoms with E-state index in [0.29, 0.717) is 23.4 Å². The van der Waals surface area contributed by atoms with Crippen molar-refractivity contribution in [2.24, 2.45) is 5.92 Å². The van der Waals surface area contributed by atoms with E-state index in [-0.39, 0.29) is 29.5 Å². The highest BCUT2D eigenvalue weighted by Crippen LogP contribution is 2.25. The van der Waals surface area contributed by atoms with Gasteiger partial charge < -0.3 is 0 Å². The van der Waals surface area contributed by atoms with Crippen LogP contribution in [0.1, 0.15) is 28.8 Å². The van der Waals surface area contributed by atoms with Gasteiger partial charge in [0.1, 0.15) is 6.07 Å². The van der Waals surface area contributed by atoms with Crippen LogP contribution in [0.3, 0.4) is 0 Å². The highest BCUT2D eigenvalue weighted by molar-refractivity contribution is 7.89. The van der Waals surface area contributed by atoms with E-state index in [0.717, 1.165) is 0 Å². The van der Waals surface area contributed by atoms with Crippen molar-refractivity contribution in [3.8, 4) is 6.07 Å². The van der Waals surface area contributed by atoms with E-state index in [1.54, 1.807) is 30.3 Å². The Morgan fingerprint density at radius 3 is 2.43 bits per heavy atom. The minimum atomic E-state index is -3.82. The second kappa shape index (κ2) is 9.26. The summed E-state index contributed by atoms with van der Waals surface area (Å²) in [7, 11) is -3.82. The molecule has 2 aromatic rings. The Kier molecular flexibility index (Phi) is 6.72. The number of nitrogens with one attached hydrogen (secondary N) is 2. The molecule has 1 saturated heterocycles. The van der Waals surface area contributed by atoms with Crippen LogP contribution in [-0.2, 0) is 14.8 Å². The summed E-state index contributed by atoms with van der Waals surface area (Å²) in [5.74, 6) is -1.33. The van der Waals surface area contributed by atoms with Gasteiger partial charge in [-0.2, -0.15) is 9.57 Å². The lowest BCUT2D eigenvalue weighted by molar-refractivity contribution is -0.126. The fourth-order valence-electron chi connectivity index (χ4n) is 3.20. The summed E-state index contributed by atoms with van der Waals surface area (Å²) in [4.78, 5) is 24.4. The Labute approximate surface area is 179 Å². The minimum absolute atomic E-state index is 0.0378. The van der Waals surface area contributed by atoms with E-state index in [4.69, 9.17) is 16.9 Å². The fraction of sp³-hybridized carbons (Fsp3) is 0.250. The van der Waals surface area contributed by atoms with Crippen LogP contribution in [0.2, 0.25) is 5.02 Å². The molecule has 2 N–H and O–H groups in total. The van der Waals surface area contributed by atoms with Gasteiger partial charge in [0.2, 0.25) is 15.9 Å². The number of hydrogen-bond donors (Lipinski definition) is 2. The van der Waals surface area contributed by atoms with Gasteiger partial charge >= 0.3 is 0 Å². The molecule has 0 saturated carbocycles. The molecule has 3 rings (SSSR count). The molecule has 2 amide bonds. The number of carbonyl (C=O) groups is 2. The number of hydrogen-bond acceptors (Lipinski definition) is 5. The first-order chi connectivity index (χ1) is 14.3. The van der Waals surface area contributed by atoms with Crippen LogP contribution in [0.15, 0.2) is 53.4 Å². The van der Waals surface area contributed by atoms with Crippen molar-refractivity contribution in [3.63, 3.8) is 0 Å². The third kappa shape index (κ3) is 4.79. The van der Waals surface area contributed by atoms with E-state index in [1.165, 1.54) is 22.5 Å². The Bertz CT molecular complexity index is 1110. The highest BCUT2D eigenvalue weighted by atomic mass is 35.5. The maximum absolute atomic E-state index is 12.8. The van der Waals surface area contributed by atoms with Crippen LogP contribution in [0, 0.1) is 17.2 Å². The second-order valence-corrected chi connectivity index (χ2v) is 9.08. The smallest absolute Gasteiger partial charge is 0.269 e. The average Bonchev–Trinajstić information content (AvgIpc) is 2.77. The molecule has 156 valence electrons. The van der Waals surface area contributed by atoms with Crippen molar-refractivity contribution < 1.29 is 18.0 Å². The molecule has 1 aliphatic rings. The number of sulfonamides is 1. The first-order valence-corrected chi connectivity index (χ1v) is 11.0. The molecule has 1 aliphatic heterocycles. The third-order valence-electron chi connectivity index (χ3n) is 4.84. The van der Waals surface area contributed by atoms with E-state index in [2.05, 4.69) is 10.9 Å². The van der Waals surface area contributed by atoms with Gasteiger partial charge in [0, 0.05) is 29.6 Å². The molecule has 2 aromatic carbocycles. The summed E-state index contributed by atoms with van der Waals surface area (Å²) in [6.07, 6.45) is 0.597. The molecule has 0 unspecified atom stereocenters. The number of halogens is 1. The zero-order valence-electron chi connectivity index (χ0n) is 15.8. The van der Waals surface area contributed by atoms with Crippen molar-refractivity contribution in [3.05, 3.63) is 64.7 Å². The molecule has 0 atom stereocenters. The van der Waals surface area contributed by atoms with Gasteiger partial charge in [-0.1, -0.05) is 29.8 Å². The molecule has 0 radical (unpaired) electrons. The van der Waals surface area contributed by atoms with E-state index in [1.807, 2.05) is 6.07 Å². The topological polar surface area (TPSA) is 119 Å². The summed E-state index contributed by atoms with van der Waals surface area (Å²) >= 11 is 5.85. The molecular formula is C20H19ClN4O4S. The molecule has 0 bridgehead atoms. The number of hydrazine groups is 1. The third-order valence-corrected chi connectivity index (χ3v) is 7.03. The monoisotopic (exact) mass is 446 g/mol. The minimum Gasteiger partial charge on any atom is -0.273 e. The second-order valence-electron chi connectivity index (χ2n) is 6.74. The highest BCUT2D eigenvalue weighted by Gasteiger charge is 2.33. The van der Waals surface area contributed by atoms with Crippen LogP contribution in [0.5, 0.6) is 0 Å². The number of piperidine rings is 1.